The zero-order valence-corrected chi connectivity index (χ0v) is 11.8. The lowest BCUT2D eigenvalue weighted by Crippen LogP contribution is -2.15. The van der Waals surface area contributed by atoms with Gasteiger partial charge in [-0.15, -0.1) is 0 Å². The van der Waals surface area contributed by atoms with Crippen LogP contribution in [0.4, 0.5) is 5.69 Å². The van der Waals surface area contributed by atoms with E-state index in [1.165, 1.54) is 13.2 Å². The van der Waals surface area contributed by atoms with E-state index in [2.05, 4.69) is 4.98 Å². The van der Waals surface area contributed by atoms with E-state index in [-0.39, 0.29) is 5.69 Å². The predicted octanol–water partition coefficient (Wildman–Crippen LogP) is 2.26. The first-order chi connectivity index (χ1) is 9.51. The minimum atomic E-state index is -0.423. The summed E-state index contributed by atoms with van der Waals surface area (Å²) in [6, 6.07) is 6.91. The van der Waals surface area contributed by atoms with Crippen LogP contribution in [-0.4, -0.2) is 42.6 Å². The maximum absolute atomic E-state index is 11.2. The Labute approximate surface area is 117 Å². The van der Waals surface area contributed by atoms with Crippen LogP contribution in [0.15, 0.2) is 24.3 Å². The summed E-state index contributed by atoms with van der Waals surface area (Å²) in [6.07, 6.45) is 0.756. The first kappa shape index (κ1) is 14.2. The number of benzene rings is 1. The molecule has 0 radical (unpaired) electrons. The van der Waals surface area contributed by atoms with E-state index in [0.29, 0.717) is 16.7 Å². The van der Waals surface area contributed by atoms with E-state index in [0.717, 1.165) is 18.7 Å². The van der Waals surface area contributed by atoms with Crippen molar-refractivity contribution >= 4 is 16.6 Å². The molecule has 0 saturated carbocycles. The molecule has 0 fully saturated rings. The van der Waals surface area contributed by atoms with E-state index >= 15 is 0 Å². The zero-order valence-electron chi connectivity index (χ0n) is 11.8. The van der Waals surface area contributed by atoms with Crippen LogP contribution in [0.5, 0.6) is 5.75 Å². The summed E-state index contributed by atoms with van der Waals surface area (Å²) in [7, 11) is 5.45. The molecule has 0 aliphatic heterocycles. The second-order valence-electron chi connectivity index (χ2n) is 4.83. The number of nitro groups is 1. The highest BCUT2D eigenvalue weighted by atomic mass is 16.6. The molecule has 0 bridgehead atoms. The van der Waals surface area contributed by atoms with Gasteiger partial charge in [0, 0.05) is 24.0 Å². The van der Waals surface area contributed by atoms with Gasteiger partial charge in [0.05, 0.1) is 18.1 Å². The Balaban J connectivity index is 2.49. The molecule has 0 spiro atoms. The number of hydrogen-bond acceptors (Lipinski definition) is 5. The molecule has 0 N–H and O–H groups in total. The third-order valence-corrected chi connectivity index (χ3v) is 3.05. The summed E-state index contributed by atoms with van der Waals surface area (Å²) in [6.45, 7) is 0.850. The number of likely N-dealkylation sites (N-methyl/N-ethyl adjacent to an activating group) is 1. The number of aromatic nitrogens is 1. The van der Waals surface area contributed by atoms with Gasteiger partial charge in [0.2, 0.25) is 0 Å². The normalized spacial score (nSPS) is 11.0. The molecule has 20 heavy (non-hydrogen) atoms. The van der Waals surface area contributed by atoms with Crippen molar-refractivity contribution in [2.45, 2.75) is 6.42 Å². The molecule has 2 aromatic rings. The van der Waals surface area contributed by atoms with Gasteiger partial charge in [0.15, 0.2) is 0 Å². The maximum atomic E-state index is 11.2. The zero-order chi connectivity index (χ0) is 14.7. The molecule has 6 heteroatoms. The number of methoxy groups -OCH3 is 1. The monoisotopic (exact) mass is 275 g/mol. The summed E-state index contributed by atoms with van der Waals surface area (Å²) in [5, 5.41) is 11.9. The molecule has 1 aromatic carbocycles. The average molecular weight is 275 g/mol. The van der Waals surface area contributed by atoms with Crippen molar-refractivity contribution in [3.05, 3.63) is 40.1 Å². The number of hydrogen-bond donors (Lipinski definition) is 0. The van der Waals surface area contributed by atoms with Gasteiger partial charge in [0.1, 0.15) is 11.3 Å². The van der Waals surface area contributed by atoms with Gasteiger partial charge in [-0.1, -0.05) is 6.07 Å². The van der Waals surface area contributed by atoms with E-state index < -0.39 is 4.92 Å². The predicted molar refractivity (Wildman–Crippen MR) is 77.2 cm³/mol. The Morgan fingerprint density at radius 2 is 2.10 bits per heavy atom. The third-order valence-electron chi connectivity index (χ3n) is 3.05. The SMILES string of the molecule is COc1cc([N+](=O)[O-])c2nc(CCN(C)C)ccc2c1. The van der Waals surface area contributed by atoms with Crippen LogP contribution in [0.2, 0.25) is 0 Å². The molecule has 0 aliphatic carbocycles. The van der Waals surface area contributed by atoms with Crippen molar-refractivity contribution in [2.24, 2.45) is 0 Å². The third kappa shape index (κ3) is 3.03. The Hall–Kier alpha value is -2.21. The molecule has 0 amide bonds. The van der Waals surface area contributed by atoms with Crippen LogP contribution >= 0.6 is 0 Å². The Morgan fingerprint density at radius 3 is 2.70 bits per heavy atom. The smallest absolute Gasteiger partial charge is 0.299 e. The van der Waals surface area contributed by atoms with Crippen LogP contribution in [0.1, 0.15) is 5.69 Å². The van der Waals surface area contributed by atoms with Crippen molar-refractivity contribution < 1.29 is 9.66 Å². The molecular weight excluding hydrogens is 258 g/mol. The van der Waals surface area contributed by atoms with Crippen LogP contribution in [-0.2, 0) is 6.42 Å². The number of nitro benzene ring substituents is 1. The molecule has 0 saturated heterocycles. The molecular formula is C14H17N3O3. The first-order valence-corrected chi connectivity index (χ1v) is 6.28. The first-order valence-electron chi connectivity index (χ1n) is 6.28. The van der Waals surface area contributed by atoms with Gasteiger partial charge in [-0.25, -0.2) is 4.98 Å². The van der Waals surface area contributed by atoms with Crippen molar-refractivity contribution in [1.82, 2.24) is 9.88 Å². The minimum Gasteiger partial charge on any atom is -0.496 e. The molecule has 106 valence electrons. The molecule has 1 heterocycles. The van der Waals surface area contributed by atoms with E-state index in [4.69, 9.17) is 4.74 Å². The van der Waals surface area contributed by atoms with Gasteiger partial charge >= 0.3 is 0 Å². The number of pyridine rings is 1. The number of non-ortho nitro benzene ring substituents is 1. The van der Waals surface area contributed by atoms with Gasteiger partial charge in [-0.2, -0.15) is 0 Å². The second kappa shape index (κ2) is 5.83. The largest absolute Gasteiger partial charge is 0.496 e. The number of nitrogens with zero attached hydrogens (tertiary/aromatic N) is 3. The standard InChI is InChI=1S/C14H17N3O3/c1-16(2)7-6-11-5-4-10-8-12(20-3)9-13(17(18)19)14(10)15-11/h4-5,8-9H,6-7H2,1-3H3. The van der Waals surface area contributed by atoms with Gasteiger partial charge < -0.3 is 9.64 Å². The van der Waals surface area contributed by atoms with E-state index in [1.54, 1.807) is 6.07 Å². The highest BCUT2D eigenvalue weighted by molar-refractivity contribution is 5.88. The molecule has 2 rings (SSSR count). The van der Waals surface area contributed by atoms with Gasteiger partial charge in [0.25, 0.3) is 5.69 Å². The molecule has 6 nitrogen and oxygen atoms in total. The van der Waals surface area contributed by atoms with Crippen LogP contribution in [0, 0.1) is 10.1 Å². The average Bonchev–Trinajstić information content (AvgIpc) is 2.43. The van der Waals surface area contributed by atoms with Gasteiger partial charge in [-0.05, 0) is 26.2 Å². The molecule has 0 unspecified atom stereocenters. The summed E-state index contributed by atoms with van der Waals surface area (Å²) >= 11 is 0. The quantitative estimate of drug-likeness (QED) is 0.618. The summed E-state index contributed by atoms with van der Waals surface area (Å²) in [4.78, 5) is 17.2. The molecule has 0 aliphatic rings. The number of rotatable bonds is 5. The molecule has 0 atom stereocenters. The van der Waals surface area contributed by atoms with Crippen LogP contribution in [0.25, 0.3) is 10.9 Å². The number of fused-ring (bicyclic) bond motifs is 1. The summed E-state index contributed by atoms with van der Waals surface area (Å²) < 4.78 is 5.08. The van der Waals surface area contributed by atoms with Crippen molar-refractivity contribution in [3.63, 3.8) is 0 Å². The van der Waals surface area contributed by atoms with E-state index in [1.807, 2.05) is 31.1 Å². The van der Waals surface area contributed by atoms with Crippen LogP contribution < -0.4 is 4.74 Å². The van der Waals surface area contributed by atoms with E-state index in [9.17, 15) is 10.1 Å². The Kier molecular flexibility index (Phi) is 4.14. The lowest BCUT2D eigenvalue weighted by molar-refractivity contribution is -0.383. The minimum absolute atomic E-state index is 0.0222. The Bertz CT molecular complexity index is 641. The van der Waals surface area contributed by atoms with Gasteiger partial charge in [-0.3, -0.25) is 10.1 Å². The topological polar surface area (TPSA) is 68.5 Å². The van der Waals surface area contributed by atoms with Crippen molar-refractivity contribution in [3.8, 4) is 5.75 Å². The lowest BCUT2D eigenvalue weighted by Gasteiger charge is -2.09. The highest BCUT2D eigenvalue weighted by Crippen LogP contribution is 2.29. The lowest BCUT2D eigenvalue weighted by atomic mass is 10.1. The van der Waals surface area contributed by atoms with Crippen molar-refractivity contribution in [1.29, 1.82) is 0 Å². The highest BCUT2D eigenvalue weighted by Gasteiger charge is 2.16. The fourth-order valence-electron chi connectivity index (χ4n) is 1.96. The number of ether oxygens (including phenoxy) is 1. The summed E-state index contributed by atoms with van der Waals surface area (Å²) in [5.41, 5.74) is 1.23. The second-order valence-corrected chi connectivity index (χ2v) is 4.83. The summed E-state index contributed by atoms with van der Waals surface area (Å²) in [5.74, 6) is 0.465. The van der Waals surface area contributed by atoms with Crippen molar-refractivity contribution in [2.75, 3.05) is 27.7 Å². The molecule has 1 aromatic heterocycles. The van der Waals surface area contributed by atoms with Crippen LogP contribution in [0.3, 0.4) is 0 Å². The fourth-order valence-corrected chi connectivity index (χ4v) is 1.96. The Morgan fingerprint density at radius 1 is 1.35 bits per heavy atom. The fraction of sp³-hybridized carbons (Fsp3) is 0.357. The maximum Gasteiger partial charge on any atom is 0.299 e.